The quantitative estimate of drug-likeness (QED) is 0.739. The summed E-state index contributed by atoms with van der Waals surface area (Å²) in [6.45, 7) is 5.31. The van der Waals surface area contributed by atoms with E-state index in [1.807, 2.05) is 6.07 Å². The molecule has 1 heterocycles. The Balaban J connectivity index is 1.82. The van der Waals surface area contributed by atoms with E-state index in [-0.39, 0.29) is 0 Å². The summed E-state index contributed by atoms with van der Waals surface area (Å²) in [6, 6.07) is 8.34. The van der Waals surface area contributed by atoms with E-state index in [4.69, 9.17) is 4.74 Å². The molecule has 0 aromatic heterocycles. The summed E-state index contributed by atoms with van der Waals surface area (Å²) in [5.74, 6) is 1.39. The summed E-state index contributed by atoms with van der Waals surface area (Å²) < 4.78 is 5.83. The van der Waals surface area contributed by atoms with Crippen LogP contribution in [0.5, 0.6) is 5.75 Å². The molecule has 1 fully saturated rings. The van der Waals surface area contributed by atoms with Gasteiger partial charge in [-0.3, -0.25) is 0 Å². The average molecular weight is 277 g/mol. The predicted molar refractivity (Wildman–Crippen MR) is 83.5 cm³/mol. The molecule has 0 spiro atoms. The minimum Gasteiger partial charge on any atom is -0.494 e. The smallest absolute Gasteiger partial charge is 0.121 e. The van der Waals surface area contributed by atoms with Crippen LogP contribution in [0.4, 0.5) is 5.69 Å². The largest absolute Gasteiger partial charge is 0.494 e. The van der Waals surface area contributed by atoms with E-state index in [0.717, 1.165) is 38.3 Å². The molecule has 1 aliphatic rings. The van der Waals surface area contributed by atoms with E-state index >= 15 is 0 Å². The summed E-state index contributed by atoms with van der Waals surface area (Å²) in [5.41, 5.74) is 1.21. The Hall–Kier alpha value is -1.22. The zero-order valence-corrected chi connectivity index (χ0v) is 12.6. The van der Waals surface area contributed by atoms with Gasteiger partial charge in [-0.05, 0) is 25.0 Å². The Kier molecular flexibility index (Phi) is 6.19. The Morgan fingerprint density at radius 3 is 2.95 bits per heavy atom. The molecule has 0 bridgehead atoms. The molecule has 0 radical (unpaired) electrons. The van der Waals surface area contributed by atoms with Crippen LogP contribution < -0.4 is 9.64 Å². The van der Waals surface area contributed by atoms with Crippen molar-refractivity contribution in [3.8, 4) is 5.75 Å². The van der Waals surface area contributed by atoms with Crippen LogP contribution in [0, 0.1) is 5.92 Å². The second kappa shape index (κ2) is 8.15. The number of aliphatic hydroxyl groups is 1. The van der Waals surface area contributed by atoms with Crippen molar-refractivity contribution in [2.24, 2.45) is 5.92 Å². The van der Waals surface area contributed by atoms with E-state index in [9.17, 15) is 5.11 Å². The Labute approximate surface area is 122 Å². The van der Waals surface area contributed by atoms with Gasteiger partial charge >= 0.3 is 0 Å². The minimum absolute atomic E-state index is 0.296. The Bertz CT molecular complexity index is 394. The van der Waals surface area contributed by atoms with Crippen LogP contribution in [0.1, 0.15) is 39.0 Å². The molecular weight excluding hydrogens is 250 g/mol. The van der Waals surface area contributed by atoms with Crippen molar-refractivity contribution in [3.63, 3.8) is 0 Å². The van der Waals surface area contributed by atoms with Crippen LogP contribution in [-0.2, 0) is 0 Å². The van der Waals surface area contributed by atoms with Gasteiger partial charge < -0.3 is 14.7 Å². The summed E-state index contributed by atoms with van der Waals surface area (Å²) in [4.78, 5) is 2.34. The van der Waals surface area contributed by atoms with Gasteiger partial charge in [-0.15, -0.1) is 0 Å². The first-order chi connectivity index (χ1) is 9.83. The van der Waals surface area contributed by atoms with Gasteiger partial charge in [0.2, 0.25) is 0 Å². The van der Waals surface area contributed by atoms with Crippen molar-refractivity contribution >= 4 is 5.69 Å². The highest BCUT2D eigenvalue weighted by molar-refractivity contribution is 5.51. The fourth-order valence-electron chi connectivity index (χ4n) is 2.71. The number of rotatable bonds is 8. The first-order valence-electron chi connectivity index (χ1n) is 7.92. The summed E-state index contributed by atoms with van der Waals surface area (Å²) in [5, 5.41) is 9.22. The highest BCUT2D eigenvalue weighted by atomic mass is 16.5. The summed E-state index contributed by atoms with van der Waals surface area (Å²) >= 11 is 0. The highest BCUT2D eigenvalue weighted by Crippen LogP contribution is 2.26. The second-order valence-electron chi connectivity index (χ2n) is 5.69. The second-order valence-corrected chi connectivity index (χ2v) is 5.69. The number of ether oxygens (including phenoxy) is 1. The van der Waals surface area contributed by atoms with Gasteiger partial charge in [-0.25, -0.2) is 0 Å². The van der Waals surface area contributed by atoms with Gasteiger partial charge in [0.25, 0.3) is 0 Å². The fraction of sp³-hybridized carbons (Fsp3) is 0.647. The van der Waals surface area contributed by atoms with E-state index in [2.05, 4.69) is 30.0 Å². The van der Waals surface area contributed by atoms with Crippen LogP contribution in [0.2, 0.25) is 0 Å². The third-order valence-electron chi connectivity index (χ3n) is 3.99. The molecule has 1 aliphatic heterocycles. The maximum absolute atomic E-state index is 9.22. The maximum Gasteiger partial charge on any atom is 0.121 e. The van der Waals surface area contributed by atoms with Crippen LogP contribution in [0.3, 0.4) is 0 Å². The topological polar surface area (TPSA) is 32.7 Å². The van der Waals surface area contributed by atoms with Crippen LogP contribution >= 0.6 is 0 Å². The predicted octanol–water partition coefficient (Wildman–Crippen LogP) is 3.46. The molecule has 1 aromatic rings. The van der Waals surface area contributed by atoms with E-state index in [1.54, 1.807) is 0 Å². The highest BCUT2D eigenvalue weighted by Gasteiger charge is 2.21. The standard InChI is InChI=1S/C17H27NO2/c1-2-3-4-5-11-20-17-8-6-7-16(12-17)18-10-9-15(13-18)14-19/h6-8,12,15,19H,2-5,9-11,13-14H2,1H3. The molecule has 1 unspecified atom stereocenters. The van der Waals surface area contributed by atoms with Gasteiger partial charge in [0.15, 0.2) is 0 Å². The lowest BCUT2D eigenvalue weighted by Gasteiger charge is -2.19. The zero-order chi connectivity index (χ0) is 14.2. The third kappa shape index (κ3) is 4.41. The number of benzene rings is 1. The molecule has 20 heavy (non-hydrogen) atoms. The molecule has 1 N–H and O–H groups in total. The van der Waals surface area contributed by atoms with Crippen molar-refractivity contribution in [1.82, 2.24) is 0 Å². The molecule has 0 saturated carbocycles. The van der Waals surface area contributed by atoms with Crippen molar-refractivity contribution in [2.75, 3.05) is 31.2 Å². The first-order valence-corrected chi connectivity index (χ1v) is 7.92. The van der Waals surface area contributed by atoms with Gasteiger partial charge in [-0.2, -0.15) is 0 Å². The molecule has 0 amide bonds. The molecule has 3 nitrogen and oxygen atoms in total. The lowest BCUT2D eigenvalue weighted by atomic mass is 10.1. The van der Waals surface area contributed by atoms with Crippen LogP contribution in [0.15, 0.2) is 24.3 Å². The van der Waals surface area contributed by atoms with Crippen LogP contribution in [-0.4, -0.2) is 31.4 Å². The molecule has 2 rings (SSSR count). The third-order valence-corrected chi connectivity index (χ3v) is 3.99. The average Bonchev–Trinajstić information content (AvgIpc) is 2.96. The molecule has 1 aromatic carbocycles. The molecular formula is C17H27NO2. The molecule has 0 aliphatic carbocycles. The van der Waals surface area contributed by atoms with Gasteiger partial charge in [-0.1, -0.05) is 32.3 Å². The SMILES string of the molecule is CCCCCCOc1cccc(N2CCC(CO)C2)c1. The van der Waals surface area contributed by atoms with E-state index in [1.165, 1.54) is 24.9 Å². The van der Waals surface area contributed by atoms with E-state index < -0.39 is 0 Å². The number of aliphatic hydroxyl groups excluding tert-OH is 1. The number of hydrogen-bond donors (Lipinski definition) is 1. The maximum atomic E-state index is 9.22. The van der Waals surface area contributed by atoms with Gasteiger partial charge in [0.1, 0.15) is 5.75 Å². The van der Waals surface area contributed by atoms with Crippen molar-refractivity contribution in [2.45, 2.75) is 39.0 Å². The van der Waals surface area contributed by atoms with Crippen molar-refractivity contribution < 1.29 is 9.84 Å². The minimum atomic E-state index is 0.296. The van der Waals surface area contributed by atoms with E-state index in [0.29, 0.717) is 12.5 Å². The first kappa shape index (κ1) is 15.2. The molecule has 112 valence electrons. The summed E-state index contributed by atoms with van der Waals surface area (Å²) in [7, 11) is 0. The monoisotopic (exact) mass is 277 g/mol. The van der Waals surface area contributed by atoms with Crippen molar-refractivity contribution in [3.05, 3.63) is 24.3 Å². The van der Waals surface area contributed by atoms with Gasteiger partial charge in [0, 0.05) is 37.4 Å². The molecule has 1 atom stereocenters. The Morgan fingerprint density at radius 2 is 2.20 bits per heavy atom. The number of hydrogen-bond acceptors (Lipinski definition) is 3. The normalized spacial score (nSPS) is 18.5. The zero-order valence-electron chi connectivity index (χ0n) is 12.6. The number of nitrogens with zero attached hydrogens (tertiary/aromatic N) is 1. The van der Waals surface area contributed by atoms with Crippen LogP contribution in [0.25, 0.3) is 0 Å². The fourth-order valence-corrected chi connectivity index (χ4v) is 2.71. The summed E-state index contributed by atoms with van der Waals surface area (Å²) in [6.07, 6.45) is 6.02. The number of anilines is 1. The Morgan fingerprint density at radius 1 is 1.30 bits per heavy atom. The lowest BCUT2D eigenvalue weighted by Crippen LogP contribution is -2.20. The molecule has 1 saturated heterocycles. The number of unbranched alkanes of at least 4 members (excludes halogenated alkanes) is 3. The molecule has 3 heteroatoms. The lowest BCUT2D eigenvalue weighted by molar-refractivity contribution is 0.238. The van der Waals surface area contributed by atoms with Gasteiger partial charge in [0.05, 0.1) is 6.61 Å². The van der Waals surface area contributed by atoms with Crippen molar-refractivity contribution in [1.29, 1.82) is 0 Å².